The first-order valence-corrected chi connectivity index (χ1v) is 10.7. The van der Waals surface area contributed by atoms with E-state index in [0.717, 1.165) is 23.5 Å². The largest absolute Gasteiger partial charge is 0.494 e. The van der Waals surface area contributed by atoms with Crippen LogP contribution in [0.5, 0.6) is 5.75 Å². The number of amides is 4. The molecule has 0 radical (unpaired) electrons. The summed E-state index contributed by atoms with van der Waals surface area (Å²) in [6.07, 6.45) is 5.97. The Balaban J connectivity index is 1.78. The van der Waals surface area contributed by atoms with E-state index in [1.165, 1.54) is 18.9 Å². The van der Waals surface area contributed by atoms with Crippen LogP contribution in [0.4, 0.5) is 10.5 Å². The van der Waals surface area contributed by atoms with Gasteiger partial charge in [-0.05, 0) is 54.8 Å². The smallest absolute Gasteiger partial charge is 0.335 e. The Bertz CT molecular complexity index is 1010. The van der Waals surface area contributed by atoms with Crippen molar-refractivity contribution in [2.45, 2.75) is 39.5 Å². The van der Waals surface area contributed by atoms with E-state index in [0.29, 0.717) is 28.4 Å². The summed E-state index contributed by atoms with van der Waals surface area (Å²) in [5.74, 6) is -0.707. The zero-order valence-corrected chi connectivity index (χ0v) is 18.4. The van der Waals surface area contributed by atoms with Crippen molar-refractivity contribution < 1.29 is 19.1 Å². The standard InChI is InChI=1S/C24H25ClN2O4/c1-3-4-5-6-14-31-18-12-10-17(11-13-18)15-19-22(28)26-24(30)27(23(19)29)21-9-7-8-20(25)16(21)2/h7-13,15H,3-6,14H2,1-2H3,(H,26,28,30)/b19-15-. The van der Waals surface area contributed by atoms with Gasteiger partial charge in [0.05, 0.1) is 12.3 Å². The molecule has 0 atom stereocenters. The second-order valence-corrected chi connectivity index (χ2v) is 7.73. The number of urea groups is 1. The Morgan fingerprint density at radius 3 is 2.48 bits per heavy atom. The molecule has 1 fully saturated rings. The van der Waals surface area contributed by atoms with Crippen LogP contribution >= 0.6 is 11.6 Å². The molecule has 4 amide bonds. The second kappa shape index (κ2) is 10.3. The highest BCUT2D eigenvalue weighted by Crippen LogP contribution is 2.29. The van der Waals surface area contributed by atoms with Gasteiger partial charge < -0.3 is 4.74 Å². The topological polar surface area (TPSA) is 75.7 Å². The first-order valence-electron chi connectivity index (χ1n) is 10.3. The molecule has 2 aromatic carbocycles. The van der Waals surface area contributed by atoms with Gasteiger partial charge in [-0.2, -0.15) is 0 Å². The molecule has 0 aliphatic carbocycles. The molecule has 6 nitrogen and oxygen atoms in total. The van der Waals surface area contributed by atoms with Crippen molar-refractivity contribution >= 4 is 41.2 Å². The van der Waals surface area contributed by atoms with Crippen molar-refractivity contribution in [2.24, 2.45) is 0 Å². The van der Waals surface area contributed by atoms with Crippen LogP contribution in [0.15, 0.2) is 48.0 Å². The predicted molar refractivity (Wildman–Crippen MR) is 121 cm³/mol. The highest BCUT2D eigenvalue weighted by Gasteiger charge is 2.37. The summed E-state index contributed by atoms with van der Waals surface area (Å²) in [5.41, 5.74) is 1.42. The number of halogens is 1. The molecule has 1 N–H and O–H groups in total. The summed E-state index contributed by atoms with van der Waals surface area (Å²) >= 11 is 6.14. The highest BCUT2D eigenvalue weighted by molar-refractivity contribution is 6.39. The quantitative estimate of drug-likeness (QED) is 0.344. The van der Waals surface area contributed by atoms with Gasteiger partial charge in [0.2, 0.25) is 0 Å². The fourth-order valence-corrected chi connectivity index (χ4v) is 3.43. The first kappa shape index (κ1) is 22.6. The van der Waals surface area contributed by atoms with Crippen LogP contribution in [0.1, 0.15) is 43.7 Å². The van der Waals surface area contributed by atoms with Gasteiger partial charge in [-0.3, -0.25) is 14.9 Å². The molecule has 1 saturated heterocycles. The average Bonchev–Trinajstić information content (AvgIpc) is 2.75. The van der Waals surface area contributed by atoms with E-state index in [9.17, 15) is 14.4 Å². The molecule has 1 aliphatic rings. The Hall–Kier alpha value is -3.12. The van der Waals surface area contributed by atoms with E-state index in [-0.39, 0.29) is 5.57 Å². The van der Waals surface area contributed by atoms with Crippen molar-refractivity contribution in [3.8, 4) is 5.75 Å². The zero-order valence-electron chi connectivity index (χ0n) is 17.6. The number of rotatable bonds is 8. The van der Waals surface area contributed by atoms with E-state index in [1.807, 2.05) is 0 Å². The number of nitrogens with one attached hydrogen (secondary N) is 1. The molecule has 0 spiro atoms. The molecule has 7 heteroatoms. The van der Waals surface area contributed by atoms with Gasteiger partial charge in [-0.1, -0.05) is 56.0 Å². The minimum absolute atomic E-state index is 0.132. The molecule has 0 saturated carbocycles. The highest BCUT2D eigenvalue weighted by atomic mass is 35.5. The van der Waals surface area contributed by atoms with Gasteiger partial charge in [0, 0.05) is 5.02 Å². The summed E-state index contributed by atoms with van der Waals surface area (Å²) in [6, 6.07) is 11.2. The van der Waals surface area contributed by atoms with Gasteiger partial charge in [0.15, 0.2) is 0 Å². The molecule has 0 unspecified atom stereocenters. The predicted octanol–water partition coefficient (Wildman–Crippen LogP) is 5.27. The third-order valence-electron chi connectivity index (χ3n) is 5.04. The third-order valence-corrected chi connectivity index (χ3v) is 5.45. The van der Waals surface area contributed by atoms with Gasteiger partial charge in [-0.15, -0.1) is 0 Å². The number of imide groups is 2. The maximum absolute atomic E-state index is 13.0. The number of unbranched alkanes of at least 4 members (excludes halogenated alkanes) is 3. The number of carbonyl (C=O) groups is 3. The van der Waals surface area contributed by atoms with E-state index in [1.54, 1.807) is 49.4 Å². The number of nitrogens with zero attached hydrogens (tertiary/aromatic N) is 1. The van der Waals surface area contributed by atoms with Crippen molar-refractivity contribution in [1.29, 1.82) is 0 Å². The molecular weight excluding hydrogens is 416 g/mol. The lowest BCUT2D eigenvalue weighted by Crippen LogP contribution is -2.54. The molecule has 3 rings (SSSR count). The van der Waals surface area contributed by atoms with Crippen LogP contribution in [-0.4, -0.2) is 24.5 Å². The minimum atomic E-state index is -0.802. The van der Waals surface area contributed by atoms with E-state index >= 15 is 0 Å². The summed E-state index contributed by atoms with van der Waals surface area (Å²) in [6.45, 7) is 4.52. The number of hydrogen-bond donors (Lipinski definition) is 1. The summed E-state index contributed by atoms with van der Waals surface area (Å²) in [7, 11) is 0. The molecule has 2 aromatic rings. The van der Waals surface area contributed by atoms with Crippen molar-refractivity contribution in [3.63, 3.8) is 0 Å². The van der Waals surface area contributed by atoms with Gasteiger partial charge in [-0.25, -0.2) is 9.69 Å². The lowest BCUT2D eigenvalue weighted by Gasteiger charge is -2.27. The van der Waals surface area contributed by atoms with Gasteiger partial charge in [0.25, 0.3) is 11.8 Å². The average molecular weight is 441 g/mol. The summed E-state index contributed by atoms with van der Waals surface area (Å²) in [5, 5.41) is 2.64. The van der Waals surface area contributed by atoms with Crippen LogP contribution in [0.25, 0.3) is 6.08 Å². The number of barbiturate groups is 1. The Kier molecular flexibility index (Phi) is 7.47. The number of ether oxygens (including phenoxy) is 1. The van der Waals surface area contributed by atoms with Crippen LogP contribution < -0.4 is 15.0 Å². The minimum Gasteiger partial charge on any atom is -0.494 e. The molecule has 1 heterocycles. The Morgan fingerprint density at radius 2 is 1.77 bits per heavy atom. The molecule has 31 heavy (non-hydrogen) atoms. The molecule has 1 aliphatic heterocycles. The van der Waals surface area contributed by atoms with E-state index < -0.39 is 17.8 Å². The lowest BCUT2D eigenvalue weighted by atomic mass is 10.1. The van der Waals surface area contributed by atoms with E-state index in [2.05, 4.69) is 12.2 Å². The van der Waals surface area contributed by atoms with Crippen LogP contribution in [0, 0.1) is 6.92 Å². The van der Waals surface area contributed by atoms with Crippen LogP contribution in [-0.2, 0) is 9.59 Å². The molecular formula is C24H25ClN2O4. The fraction of sp³-hybridized carbons (Fsp3) is 0.292. The van der Waals surface area contributed by atoms with Crippen molar-refractivity contribution in [3.05, 3.63) is 64.2 Å². The SMILES string of the molecule is CCCCCCOc1ccc(/C=C2/C(=O)NC(=O)N(c3cccc(Cl)c3C)C2=O)cc1. The second-order valence-electron chi connectivity index (χ2n) is 7.32. The normalized spacial score (nSPS) is 15.4. The molecule has 162 valence electrons. The lowest BCUT2D eigenvalue weighted by molar-refractivity contribution is -0.122. The van der Waals surface area contributed by atoms with Crippen LogP contribution in [0.3, 0.4) is 0 Å². The fourth-order valence-electron chi connectivity index (χ4n) is 3.26. The van der Waals surface area contributed by atoms with E-state index in [4.69, 9.17) is 16.3 Å². The molecule has 0 bridgehead atoms. The number of anilines is 1. The Labute approximate surface area is 186 Å². The Morgan fingerprint density at radius 1 is 1.03 bits per heavy atom. The van der Waals surface area contributed by atoms with Crippen molar-refractivity contribution in [1.82, 2.24) is 5.32 Å². The van der Waals surface area contributed by atoms with Gasteiger partial charge >= 0.3 is 6.03 Å². The number of benzene rings is 2. The monoisotopic (exact) mass is 440 g/mol. The van der Waals surface area contributed by atoms with Gasteiger partial charge in [0.1, 0.15) is 11.3 Å². The zero-order chi connectivity index (χ0) is 22.4. The molecule has 0 aromatic heterocycles. The number of hydrogen-bond acceptors (Lipinski definition) is 4. The summed E-state index contributed by atoms with van der Waals surface area (Å²) in [4.78, 5) is 38.7. The summed E-state index contributed by atoms with van der Waals surface area (Å²) < 4.78 is 5.72. The third kappa shape index (κ3) is 5.33. The maximum atomic E-state index is 13.0. The maximum Gasteiger partial charge on any atom is 0.335 e. The first-order chi connectivity index (χ1) is 14.9. The van der Waals surface area contributed by atoms with Crippen molar-refractivity contribution in [2.75, 3.05) is 11.5 Å². The number of carbonyl (C=O) groups excluding carboxylic acids is 3. The van der Waals surface area contributed by atoms with Crippen LogP contribution in [0.2, 0.25) is 5.02 Å².